The molecule has 1 saturated heterocycles. The fraction of sp³-hybridized carbons (Fsp3) is 0.910. The molecule has 1 N–H and O–H groups in total. The molecule has 0 spiro atoms. The first-order valence-corrected chi connectivity index (χ1v) is 57.0. The summed E-state index contributed by atoms with van der Waals surface area (Å²) in [6.07, 6.45) is 140. The molecule has 1 atom stereocenters. The van der Waals surface area contributed by atoms with E-state index in [1.54, 1.807) is 37.4 Å². The maximum Gasteiger partial charge on any atom is 0.639 e. The maximum atomic E-state index is 12.7. The average Bonchev–Trinajstić information content (AvgIpc) is 0.786. The number of benzene rings is 1. The molecule has 122 heavy (non-hydrogen) atoms. The second-order valence-corrected chi connectivity index (χ2v) is 40.7. The number of carbonyl (C=O) groups is 2. The van der Waals surface area contributed by atoms with Crippen LogP contribution in [0.3, 0.4) is 0 Å². The van der Waals surface area contributed by atoms with Gasteiger partial charge in [-0.05, 0) is 25.5 Å². The van der Waals surface area contributed by atoms with E-state index in [4.69, 9.17) is 13.5 Å². The van der Waals surface area contributed by atoms with E-state index in [0.717, 1.165) is 19.3 Å². The van der Waals surface area contributed by atoms with Gasteiger partial charge >= 0.3 is 29.5 Å². The molecular formula is C111H210BNO8S. The van der Waals surface area contributed by atoms with Crippen LogP contribution in [0.1, 0.15) is 622 Å². The molecule has 9 nitrogen and oxygen atoms in total. The number of unbranched alkanes of at least 4 members (excludes halogenated alkanes) is 94. The zero-order valence-corrected chi connectivity index (χ0v) is 82.9. The lowest BCUT2D eigenvalue weighted by Crippen LogP contribution is -2.57. The molecule has 1 aliphatic rings. The van der Waals surface area contributed by atoms with Crippen LogP contribution in [0.5, 0.6) is 0 Å². The van der Waals surface area contributed by atoms with Crippen LogP contribution >= 0.6 is 0 Å². The number of nitrogens with zero attached hydrogens (tertiary/aromatic N) is 1. The van der Waals surface area contributed by atoms with Crippen molar-refractivity contribution in [3.8, 4) is 0 Å². The molecule has 716 valence electrons. The normalized spacial score (nSPS) is 13.6. The van der Waals surface area contributed by atoms with Crippen molar-refractivity contribution in [2.24, 2.45) is 0 Å². The molecule has 11 heteroatoms. The molecule has 0 amide bonds. The summed E-state index contributed by atoms with van der Waals surface area (Å²) in [4.78, 5) is 26.8. The summed E-state index contributed by atoms with van der Waals surface area (Å²) in [5.41, 5.74) is -1.36. The first-order chi connectivity index (χ1) is 60.1. The van der Waals surface area contributed by atoms with Crippen molar-refractivity contribution in [3.05, 3.63) is 48.0 Å². The van der Waals surface area contributed by atoms with Crippen LogP contribution in [0.4, 0.5) is 0 Å². The van der Waals surface area contributed by atoms with Gasteiger partial charge in [-0.1, -0.05) is 647 Å². The third-order valence-corrected chi connectivity index (χ3v) is 27.9. The van der Waals surface area contributed by atoms with Crippen LogP contribution in [0, 0.1) is 0 Å². The van der Waals surface area contributed by atoms with Gasteiger partial charge in [-0.25, -0.2) is 4.18 Å². The second-order valence-electron chi connectivity index (χ2n) is 39.7. The predicted octanol–water partition coefficient (Wildman–Crippen LogP) is 37.5. The number of hydrogen-bond donors (Lipinski definition) is 1. The summed E-state index contributed by atoms with van der Waals surface area (Å²) in [5, 5.41) is 0. The highest BCUT2D eigenvalue weighted by Gasteiger charge is 2.55. The Kier molecular flexibility index (Phi) is 88.8. The number of likely N-dealkylation sites (N-methyl/N-ethyl adjacent to an activating group) is 1. The van der Waals surface area contributed by atoms with E-state index < -0.39 is 35.0 Å². The van der Waals surface area contributed by atoms with E-state index in [1.807, 2.05) is 6.07 Å². The first-order valence-electron chi connectivity index (χ1n) is 55.6. The van der Waals surface area contributed by atoms with Crippen LogP contribution in [0.2, 0.25) is 0 Å². The minimum Gasteiger partial charge on any atom is -0.496 e. The van der Waals surface area contributed by atoms with Gasteiger partial charge < -0.3 is 9.31 Å². The smallest absolute Gasteiger partial charge is 0.496 e. The number of rotatable bonds is 101. The monoisotopic (exact) mass is 1730 g/mol. The Labute approximate surface area is 762 Å². The predicted molar refractivity (Wildman–Crippen MR) is 534 cm³/mol. The SMILES string of the molecule is CCCCCCCCCCCCCCCCCCCCCCCCCCCCCCCCCCCCCCCCCCCCCCCCCCCCCCCCCCCCCCCCCCCCCCCCCCCCCCCCCCCCCCCCCCCCCCCCC=CC(Cc1ccccc1)(OS(=O)(=O)O)B1OC(=O)CN(C)CC(=O)O1. The maximum absolute atomic E-state index is 12.7. The minimum absolute atomic E-state index is 0.134. The van der Waals surface area contributed by atoms with E-state index in [1.165, 1.54) is 595 Å². The Hall–Kier alpha value is -2.21. The Balaban J connectivity index is 1.14. The van der Waals surface area contributed by atoms with Crippen molar-refractivity contribution in [3.63, 3.8) is 0 Å². The van der Waals surface area contributed by atoms with Gasteiger partial charge in [-0.15, -0.1) is 0 Å². The van der Waals surface area contributed by atoms with E-state index in [-0.39, 0.29) is 19.5 Å². The molecule has 0 radical (unpaired) electrons. The molecule has 0 bridgehead atoms. The number of carbonyl (C=O) groups excluding carboxylic acids is 2. The minimum atomic E-state index is -5.05. The van der Waals surface area contributed by atoms with Crippen LogP contribution in [-0.2, 0) is 39.9 Å². The molecule has 1 aromatic rings. The lowest BCUT2D eigenvalue weighted by Gasteiger charge is -2.33. The van der Waals surface area contributed by atoms with Crippen molar-refractivity contribution in [2.45, 2.75) is 629 Å². The summed E-state index contributed by atoms with van der Waals surface area (Å²) >= 11 is 0. The average molecular weight is 1730 g/mol. The van der Waals surface area contributed by atoms with Gasteiger partial charge in [0, 0.05) is 6.42 Å². The molecule has 1 aliphatic heterocycles. The fourth-order valence-electron chi connectivity index (χ4n) is 19.3. The van der Waals surface area contributed by atoms with Gasteiger partial charge in [-0.3, -0.25) is 19.0 Å². The van der Waals surface area contributed by atoms with Gasteiger partial charge in [0.2, 0.25) is 0 Å². The summed E-state index contributed by atoms with van der Waals surface area (Å²) in [7, 11) is -5.20. The van der Waals surface area contributed by atoms with E-state index in [0.29, 0.717) is 12.0 Å². The van der Waals surface area contributed by atoms with Crippen LogP contribution < -0.4 is 0 Å². The Morgan fingerprint density at radius 2 is 0.459 bits per heavy atom. The molecule has 1 unspecified atom stereocenters. The summed E-state index contributed by atoms with van der Waals surface area (Å²) in [5.74, 6) is -1.42. The third-order valence-electron chi connectivity index (χ3n) is 27.4. The Morgan fingerprint density at radius 1 is 0.295 bits per heavy atom. The highest BCUT2D eigenvalue weighted by Crippen LogP contribution is 2.31. The Bertz CT molecular complexity index is 2390. The number of hydrogen-bond acceptors (Lipinski definition) is 8. The van der Waals surface area contributed by atoms with Gasteiger partial charge in [0.1, 0.15) is 0 Å². The van der Waals surface area contributed by atoms with Gasteiger partial charge in [0.05, 0.1) is 13.1 Å². The topological polar surface area (TPSA) is 119 Å². The van der Waals surface area contributed by atoms with Crippen LogP contribution in [-0.4, -0.2) is 62.6 Å². The highest BCUT2D eigenvalue weighted by molar-refractivity contribution is 7.81. The molecule has 1 fully saturated rings. The summed E-state index contributed by atoms with van der Waals surface area (Å²) in [6, 6.07) is 8.89. The van der Waals surface area contributed by atoms with Gasteiger partial charge in [-0.2, -0.15) is 8.42 Å². The first kappa shape index (κ1) is 116. The van der Waals surface area contributed by atoms with Crippen LogP contribution in [0.15, 0.2) is 42.5 Å². The molecule has 0 aliphatic carbocycles. The second kappa shape index (κ2) is 93.5. The molecule has 2 rings (SSSR count). The molecule has 1 heterocycles. The third kappa shape index (κ3) is 84.6. The van der Waals surface area contributed by atoms with Crippen LogP contribution in [0.25, 0.3) is 0 Å². The van der Waals surface area contributed by atoms with Crippen molar-refractivity contribution < 1.29 is 36.1 Å². The standard InChI is InChI=1S/C111H210BNO8S/c1-3-4-5-6-7-8-9-10-11-12-13-14-15-16-17-18-19-20-21-22-23-24-25-26-27-28-29-30-31-32-33-34-35-36-37-38-39-40-41-42-43-44-45-46-47-48-49-50-51-52-53-54-55-56-57-58-59-60-61-62-63-64-65-66-67-68-69-70-71-72-73-74-75-76-77-78-79-80-81-82-83-84-85-86-87-88-89-90-91-92-93-94-95-96-97-101-104-111(121-122(116,117)118,105-108-102-99-98-100-103-108)112-119-109(114)106-113(2)107-110(115)120-112/h98-104H,3-97,105-107H2,1-2H3,(H,116,117,118). The molecule has 0 saturated carbocycles. The van der Waals surface area contributed by atoms with E-state index in [9.17, 15) is 22.6 Å². The molecule has 1 aromatic carbocycles. The lowest BCUT2D eigenvalue weighted by atomic mass is 9.63. The van der Waals surface area contributed by atoms with Crippen molar-refractivity contribution in [2.75, 3.05) is 20.1 Å². The van der Waals surface area contributed by atoms with Crippen molar-refractivity contribution in [1.82, 2.24) is 4.90 Å². The fourth-order valence-corrected chi connectivity index (χ4v) is 19.9. The number of allylic oxidation sites excluding steroid dienone is 1. The van der Waals surface area contributed by atoms with E-state index >= 15 is 0 Å². The molecular weight excluding hydrogens is 1520 g/mol. The quantitative estimate of drug-likeness (QED) is 0.0294. The van der Waals surface area contributed by atoms with E-state index in [2.05, 4.69) is 6.92 Å². The summed E-state index contributed by atoms with van der Waals surface area (Å²) < 4.78 is 50.6. The highest BCUT2D eigenvalue weighted by atomic mass is 32.3. The summed E-state index contributed by atoms with van der Waals surface area (Å²) in [6.45, 7) is 1.93. The molecule has 0 aromatic heterocycles. The Morgan fingerprint density at radius 3 is 0.623 bits per heavy atom. The van der Waals surface area contributed by atoms with Gasteiger partial charge in [0.25, 0.3) is 0 Å². The lowest BCUT2D eigenvalue weighted by molar-refractivity contribution is -0.147. The zero-order chi connectivity index (χ0) is 87.3. The zero-order valence-electron chi connectivity index (χ0n) is 82.1. The van der Waals surface area contributed by atoms with Crippen molar-refractivity contribution in [1.29, 1.82) is 0 Å². The largest absolute Gasteiger partial charge is 0.639 e. The van der Waals surface area contributed by atoms with Crippen molar-refractivity contribution >= 4 is 29.5 Å². The van der Waals surface area contributed by atoms with Gasteiger partial charge in [0.15, 0.2) is 5.50 Å².